The summed E-state index contributed by atoms with van der Waals surface area (Å²) in [6, 6.07) is 2.94. The molecule has 0 fully saturated rings. The summed E-state index contributed by atoms with van der Waals surface area (Å²) in [6.45, 7) is 0.335. The van der Waals surface area contributed by atoms with Gasteiger partial charge in [0.25, 0.3) is 0 Å². The number of anilines is 2. The summed E-state index contributed by atoms with van der Waals surface area (Å²) >= 11 is 1.52. The summed E-state index contributed by atoms with van der Waals surface area (Å²) in [6.07, 6.45) is 0. The lowest BCUT2D eigenvalue weighted by atomic mass is 10.4. The summed E-state index contributed by atoms with van der Waals surface area (Å²) < 4.78 is 10.1. The molecule has 0 bridgehead atoms. The van der Waals surface area contributed by atoms with Gasteiger partial charge in [-0.2, -0.15) is 4.98 Å². The number of hydrogen-bond donors (Lipinski definition) is 2. The van der Waals surface area contributed by atoms with Crippen molar-refractivity contribution in [2.24, 2.45) is 0 Å². The van der Waals surface area contributed by atoms with Crippen molar-refractivity contribution in [3.05, 3.63) is 23.2 Å². The van der Waals surface area contributed by atoms with Crippen molar-refractivity contribution in [2.75, 3.05) is 38.5 Å². The molecule has 124 valence electrons. The lowest BCUT2D eigenvalue weighted by Gasteiger charge is -2.11. The van der Waals surface area contributed by atoms with Gasteiger partial charge in [0.15, 0.2) is 5.13 Å². The van der Waals surface area contributed by atoms with Crippen molar-refractivity contribution < 1.29 is 14.3 Å². The van der Waals surface area contributed by atoms with Crippen LogP contribution in [0.1, 0.15) is 5.69 Å². The van der Waals surface area contributed by atoms with E-state index in [1.165, 1.54) is 25.6 Å². The van der Waals surface area contributed by atoms with Gasteiger partial charge in [0.1, 0.15) is 5.69 Å². The Morgan fingerprint density at radius 2 is 2.04 bits per heavy atom. The van der Waals surface area contributed by atoms with Gasteiger partial charge in [-0.05, 0) is 6.07 Å². The van der Waals surface area contributed by atoms with E-state index in [0.717, 1.165) is 10.8 Å². The van der Waals surface area contributed by atoms with E-state index >= 15 is 0 Å². The Kier molecular flexibility index (Phi) is 5.58. The zero-order chi connectivity index (χ0) is 16.8. The van der Waals surface area contributed by atoms with Gasteiger partial charge in [0, 0.05) is 25.5 Å². The predicted molar refractivity (Wildman–Crippen MR) is 89.6 cm³/mol. The van der Waals surface area contributed by atoms with Gasteiger partial charge < -0.3 is 25.0 Å². The van der Waals surface area contributed by atoms with Gasteiger partial charge >= 0.3 is 6.03 Å². The fourth-order valence-corrected chi connectivity index (χ4v) is 2.47. The van der Waals surface area contributed by atoms with Crippen LogP contribution < -0.4 is 25.0 Å². The van der Waals surface area contributed by atoms with Gasteiger partial charge in [-0.1, -0.05) is 0 Å². The molecule has 0 saturated carbocycles. The Labute approximate surface area is 138 Å². The van der Waals surface area contributed by atoms with Crippen molar-refractivity contribution in [2.45, 2.75) is 6.54 Å². The highest BCUT2D eigenvalue weighted by atomic mass is 32.1. The zero-order valence-electron chi connectivity index (χ0n) is 13.4. The second-order valence-corrected chi connectivity index (χ2v) is 5.57. The van der Waals surface area contributed by atoms with Crippen LogP contribution in [0.25, 0.3) is 0 Å². The molecule has 0 aliphatic carbocycles. The molecule has 0 aromatic carbocycles. The van der Waals surface area contributed by atoms with Crippen LogP contribution in [0.3, 0.4) is 0 Å². The largest absolute Gasteiger partial charge is 0.481 e. The Morgan fingerprint density at radius 3 is 2.65 bits per heavy atom. The molecular weight excluding hydrogens is 318 g/mol. The van der Waals surface area contributed by atoms with Crippen molar-refractivity contribution in [3.8, 4) is 11.8 Å². The molecule has 9 heteroatoms. The molecule has 2 N–H and O–H groups in total. The van der Waals surface area contributed by atoms with Gasteiger partial charge in [0.2, 0.25) is 11.8 Å². The van der Waals surface area contributed by atoms with Gasteiger partial charge in [-0.15, -0.1) is 11.3 Å². The fourth-order valence-electron chi connectivity index (χ4n) is 1.71. The lowest BCUT2D eigenvalue weighted by molar-refractivity contribution is 0.251. The third-order valence-electron chi connectivity index (χ3n) is 2.84. The highest BCUT2D eigenvalue weighted by Crippen LogP contribution is 2.24. The summed E-state index contributed by atoms with van der Waals surface area (Å²) in [7, 11) is 6.83. The minimum absolute atomic E-state index is 0.281. The van der Waals surface area contributed by atoms with Crippen LogP contribution in [-0.4, -0.2) is 44.3 Å². The third-order valence-corrected chi connectivity index (χ3v) is 3.89. The summed E-state index contributed by atoms with van der Waals surface area (Å²) in [5.41, 5.74) is 1.26. The fraction of sp³-hybridized carbons (Fsp3) is 0.357. The molecule has 0 spiro atoms. The van der Waals surface area contributed by atoms with Gasteiger partial charge in [0.05, 0.1) is 26.5 Å². The first-order valence-corrected chi connectivity index (χ1v) is 7.67. The Hall–Kier alpha value is -2.55. The van der Waals surface area contributed by atoms with E-state index in [2.05, 4.69) is 20.6 Å². The predicted octanol–water partition coefficient (Wildman–Crippen LogP) is 1.94. The SMILES string of the molecule is COc1ccc(NC(=O)NCc2csc(N(C)C)n2)c(OC)n1. The first kappa shape index (κ1) is 16.8. The van der Waals surface area contributed by atoms with E-state index in [9.17, 15) is 4.79 Å². The minimum atomic E-state index is -0.366. The summed E-state index contributed by atoms with van der Waals surface area (Å²) in [5.74, 6) is 0.689. The number of hydrogen-bond acceptors (Lipinski definition) is 7. The lowest BCUT2D eigenvalue weighted by Crippen LogP contribution is -2.28. The Balaban J connectivity index is 1.94. The van der Waals surface area contributed by atoms with Crippen LogP contribution in [0.2, 0.25) is 0 Å². The second-order valence-electron chi connectivity index (χ2n) is 4.73. The van der Waals surface area contributed by atoms with Crippen molar-refractivity contribution >= 4 is 28.2 Å². The van der Waals surface area contributed by atoms with Crippen molar-refractivity contribution in [1.82, 2.24) is 15.3 Å². The first-order valence-electron chi connectivity index (χ1n) is 6.79. The molecule has 0 unspecified atom stereocenters. The monoisotopic (exact) mass is 337 g/mol. The Bertz CT molecular complexity index is 674. The van der Waals surface area contributed by atoms with Crippen molar-refractivity contribution in [1.29, 1.82) is 0 Å². The number of urea groups is 1. The molecule has 0 aliphatic heterocycles. The van der Waals surface area contributed by atoms with Crippen LogP contribution in [-0.2, 0) is 6.54 Å². The van der Waals surface area contributed by atoms with E-state index in [4.69, 9.17) is 9.47 Å². The number of thiazole rings is 1. The molecule has 0 saturated heterocycles. The number of rotatable bonds is 6. The highest BCUT2D eigenvalue weighted by molar-refractivity contribution is 7.13. The van der Waals surface area contributed by atoms with Crippen LogP contribution in [0.15, 0.2) is 17.5 Å². The maximum Gasteiger partial charge on any atom is 0.319 e. The molecule has 2 rings (SSSR count). The van der Waals surface area contributed by atoms with Crippen molar-refractivity contribution in [3.63, 3.8) is 0 Å². The Morgan fingerprint density at radius 1 is 1.26 bits per heavy atom. The first-order chi connectivity index (χ1) is 11.0. The number of amides is 2. The van der Waals surface area contributed by atoms with E-state index in [0.29, 0.717) is 18.1 Å². The average molecular weight is 337 g/mol. The number of nitrogens with one attached hydrogen (secondary N) is 2. The number of carbonyl (C=O) groups is 1. The van der Waals surface area contributed by atoms with Crippen LogP contribution >= 0.6 is 11.3 Å². The molecular formula is C14H19N5O3S. The van der Waals surface area contributed by atoms with Crippen LogP contribution in [0.4, 0.5) is 15.6 Å². The smallest absolute Gasteiger partial charge is 0.319 e. The molecule has 2 aromatic heterocycles. The second kappa shape index (κ2) is 7.63. The number of methoxy groups -OCH3 is 2. The molecule has 23 heavy (non-hydrogen) atoms. The molecule has 2 heterocycles. The third kappa shape index (κ3) is 4.46. The topological polar surface area (TPSA) is 88.6 Å². The number of pyridine rings is 1. The van der Waals surface area contributed by atoms with Crippen LogP contribution in [0.5, 0.6) is 11.8 Å². The maximum atomic E-state index is 12.0. The van der Waals surface area contributed by atoms with Crippen LogP contribution in [0, 0.1) is 0 Å². The summed E-state index contributed by atoms with van der Waals surface area (Å²) in [5, 5.41) is 8.23. The molecule has 0 atom stereocenters. The van der Waals surface area contributed by atoms with E-state index in [1.54, 1.807) is 12.1 Å². The van der Waals surface area contributed by atoms with E-state index in [1.807, 2.05) is 24.4 Å². The zero-order valence-corrected chi connectivity index (χ0v) is 14.2. The quantitative estimate of drug-likeness (QED) is 0.837. The van der Waals surface area contributed by atoms with Gasteiger partial charge in [-0.3, -0.25) is 0 Å². The number of nitrogens with zero attached hydrogens (tertiary/aromatic N) is 3. The minimum Gasteiger partial charge on any atom is -0.481 e. The van der Waals surface area contributed by atoms with Gasteiger partial charge in [-0.25, -0.2) is 9.78 Å². The normalized spacial score (nSPS) is 10.1. The van der Waals surface area contributed by atoms with E-state index < -0.39 is 0 Å². The standard InChI is InChI=1S/C14H19N5O3S/c1-19(2)14-16-9(8-23-14)7-15-13(20)17-10-5-6-11(21-3)18-12(10)22-4/h5-6,8H,7H2,1-4H3,(H2,15,17,20). The molecule has 0 radical (unpaired) electrons. The average Bonchev–Trinajstić information content (AvgIpc) is 3.02. The molecule has 8 nitrogen and oxygen atoms in total. The number of aromatic nitrogens is 2. The maximum absolute atomic E-state index is 12.0. The summed E-state index contributed by atoms with van der Waals surface area (Å²) in [4.78, 5) is 22.4. The highest BCUT2D eigenvalue weighted by Gasteiger charge is 2.11. The number of carbonyl (C=O) groups excluding carboxylic acids is 1. The number of ether oxygens (including phenoxy) is 2. The molecule has 2 aromatic rings. The molecule has 2 amide bonds. The van der Waals surface area contributed by atoms with E-state index in [-0.39, 0.29) is 11.9 Å². The molecule has 0 aliphatic rings.